The van der Waals surface area contributed by atoms with Crippen LogP contribution in [0.2, 0.25) is 0 Å². The van der Waals surface area contributed by atoms with E-state index in [0.29, 0.717) is 17.5 Å². The van der Waals surface area contributed by atoms with Gasteiger partial charge in [0.1, 0.15) is 0 Å². The molecule has 3 rings (SSSR count). The second-order valence-electron chi connectivity index (χ2n) is 8.04. The lowest BCUT2D eigenvalue weighted by Crippen LogP contribution is -2.30. The minimum absolute atomic E-state index is 0.165. The summed E-state index contributed by atoms with van der Waals surface area (Å²) in [6.07, 6.45) is 5.24. The second kappa shape index (κ2) is 7.87. The predicted molar refractivity (Wildman–Crippen MR) is 106 cm³/mol. The van der Waals surface area contributed by atoms with Gasteiger partial charge in [-0.2, -0.15) is 0 Å². The van der Waals surface area contributed by atoms with E-state index in [0.717, 1.165) is 13.1 Å². The molecule has 1 aromatic rings. The molecule has 146 valence electrons. The molecule has 1 saturated carbocycles. The van der Waals surface area contributed by atoms with Gasteiger partial charge in [0.15, 0.2) is 0 Å². The summed E-state index contributed by atoms with van der Waals surface area (Å²) < 4.78 is 26.3. The van der Waals surface area contributed by atoms with Gasteiger partial charge in [-0.05, 0) is 42.5 Å². The van der Waals surface area contributed by atoms with Crippen molar-refractivity contribution in [2.24, 2.45) is 11.8 Å². The van der Waals surface area contributed by atoms with Gasteiger partial charge in [-0.15, -0.1) is 0 Å². The number of piperidine rings is 1. The lowest BCUT2D eigenvalue weighted by atomic mass is 9.92. The van der Waals surface area contributed by atoms with Crippen LogP contribution in [-0.2, 0) is 15.4 Å². The number of anilines is 1. The van der Waals surface area contributed by atoms with Gasteiger partial charge in [-0.25, -0.2) is 8.42 Å². The third kappa shape index (κ3) is 4.07. The Morgan fingerprint density at radius 2 is 1.96 bits per heavy atom. The third-order valence-corrected chi connectivity index (χ3v) is 7.54. The number of benzene rings is 1. The zero-order valence-corrected chi connectivity index (χ0v) is 16.8. The smallest absolute Gasteiger partial charge is 0.234 e. The van der Waals surface area contributed by atoms with Crippen LogP contribution in [0.4, 0.5) is 5.69 Å². The first-order valence-corrected chi connectivity index (χ1v) is 11.5. The van der Waals surface area contributed by atoms with Gasteiger partial charge in [0, 0.05) is 24.2 Å². The average Bonchev–Trinajstić information content (AvgIpc) is 2.94. The summed E-state index contributed by atoms with van der Waals surface area (Å²) in [5.74, 6) is 1.09. The highest BCUT2D eigenvalue weighted by Gasteiger charge is 2.65. The molecule has 2 fully saturated rings. The van der Waals surface area contributed by atoms with Gasteiger partial charge in [0.2, 0.25) is 10.0 Å². The summed E-state index contributed by atoms with van der Waals surface area (Å²) in [6, 6.07) is 7.79. The molecule has 1 saturated heterocycles. The monoisotopic (exact) mass is 380 g/mol. The quantitative estimate of drug-likeness (QED) is 0.613. The van der Waals surface area contributed by atoms with Crippen LogP contribution in [0.1, 0.15) is 45.1 Å². The second-order valence-corrected chi connectivity index (χ2v) is 9.88. The average molecular weight is 381 g/mol. The normalized spacial score (nSPS) is 28.1. The maximum atomic E-state index is 11.9. The van der Waals surface area contributed by atoms with Crippen molar-refractivity contribution in [2.75, 3.05) is 36.7 Å². The lowest BCUT2D eigenvalue weighted by molar-refractivity contribution is 0.271. The number of hydrogen-bond donors (Lipinski definition) is 2. The van der Waals surface area contributed by atoms with Crippen molar-refractivity contribution in [3.8, 4) is 0 Å². The summed E-state index contributed by atoms with van der Waals surface area (Å²) in [4.78, 5) is 2.60. The molecule has 0 aromatic heterocycles. The summed E-state index contributed by atoms with van der Waals surface area (Å²) in [5, 5.41) is 8.88. The number of unbranched alkanes of at least 4 members (excludes halogenated alkanes) is 3. The van der Waals surface area contributed by atoms with Crippen molar-refractivity contribution >= 4 is 15.7 Å². The molecule has 6 heteroatoms. The summed E-state index contributed by atoms with van der Waals surface area (Å²) in [6.45, 7) is 7.73. The van der Waals surface area contributed by atoms with E-state index in [4.69, 9.17) is 5.11 Å². The largest absolute Gasteiger partial charge is 0.395 e. The van der Waals surface area contributed by atoms with Crippen molar-refractivity contribution in [3.05, 3.63) is 29.8 Å². The fourth-order valence-corrected chi connectivity index (χ4v) is 5.43. The molecular weight excluding hydrogens is 348 g/mol. The molecule has 26 heavy (non-hydrogen) atoms. The maximum absolute atomic E-state index is 11.9. The van der Waals surface area contributed by atoms with Crippen molar-refractivity contribution in [1.82, 2.24) is 4.90 Å². The zero-order chi connectivity index (χ0) is 18.8. The van der Waals surface area contributed by atoms with Crippen LogP contribution in [-0.4, -0.2) is 50.4 Å². The molecule has 0 bridgehead atoms. The first kappa shape index (κ1) is 19.6. The van der Waals surface area contributed by atoms with E-state index in [9.17, 15) is 8.42 Å². The molecule has 1 aromatic carbocycles. The standard InChI is InChI=1S/C20H32N2O3S/c1-3-4-5-6-10-22-14-18-19(15-22)20(18,2)16-8-7-9-17(13-16)21-26(24,25)12-11-23/h7-9,13,18-19,21,23H,3-6,10-12,14-15H2,1-2H3. The Labute approximate surface area is 157 Å². The molecular formula is C20H32N2O3S. The van der Waals surface area contributed by atoms with Crippen LogP contribution in [0, 0.1) is 11.8 Å². The maximum Gasteiger partial charge on any atom is 0.234 e. The van der Waals surface area contributed by atoms with Crippen molar-refractivity contribution in [3.63, 3.8) is 0 Å². The number of hydrogen-bond acceptors (Lipinski definition) is 4. The number of nitrogens with zero attached hydrogens (tertiary/aromatic N) is 1. The molecule has 1 heterocycles. The zero-order valence-electron chi connectivity index (χ0n) is 15.9. The van der Waals surface area contributed by atoms with Crippen molar-refractivity contribution in [1.29, 1.82) is 0 Å². The number of aliphatic hydroxyl groups is 1. The van der Waals surface area contributed by atoms with Crippen LogP contribution in [0.25, 0.3) is 0 Å². The highest BCUT2D eigenvalue weighted by molar-refractivity contribution is 7.92. The number of rotatable bonds is 10. The Hall–Kier alpha value is -1.11. The van der Waals surface area contributed by atoms with Crippen LogP contribution >= 0.6 is 0 Å². The molecule has 2 unspecified atom stereocenters. The minimum atomic E-state index is -3.48. The number of nitrogens with one attached hydrogen (secondary N) is 1. The van der Waals surface area contributed by atoms with E-state index in [1.165, 1.54) is 37.8 Å². The fourth-order valence-electron chi connectivity index (χ4n) is 4.60. The molecule has 2 N–H and O–H groups in total. The molecule has 0 amide bonds. The topological polar surface area (TPSA) is 69.6 Å². The Kier molecular flexibility index (Phi) is 5.94. The van der Waals surface area contributed by atoms with Crippen LogP contribution in [0.5, 0.6) is 0 Å². The van der Waals surface area contributed by atoms with E-state index in [1.807, 2.05) is 12.1 Å². The highest BCUT2D eigenvalue weighted by Crippen LogP contribution is 2.63. The van der Waals surface area contributed by atoms with Crippen LogP contribution in [0.15, 0.2) is 24.3 Å². The molecule has 1 aliphatic carbocycles. The Morgan fingerprint density at radius 3 is 2.62 bits per heavy atom. The number of aliphatic hydroxyl groups excluding tert-OH is 1. The molecule has 1 aliphatic heterocycles. The predicted octanol–water partition coefficient (Wildman–Crippen LogP) is 2.82. The summed E-state index contributed by atoms with van der Waals surface area (Å²) >= 11 is 0. The molecule has 5 nitrogen and oxygen atoms in total. The first-order valence-electron chi connectivity index (χ1n) is 9.85. The number of sulfonamides is 1. The summed E-state index contributed by atoms with van der Waals surface area (Å²) in [7, 11) is -3.48. The minimum Gasteiger partial charge on any atom is -0.395 e. The number of likely N-dealkylation sites (tertiary alicyclic amines) is 1. The van der Waals surface area contributed by atoms with Crippen molar-refractivity contribution in [2.45, 2.75) is 44.9 Å². The van der Waals surface area contributed by atoms with Gasteiger partial charge in [-0.1, -0.05) is 45.2 Å². The molecule has 2 atom stereocenters. The Bertz CT molecular complexity index is 708. The molecule has 0 spiro atoms. The van der Waals surface area contributed by atoms with E-state index in [1.54, 1.807) is 6.07 Å². The van der Waals surface area contributed by atoms with E-state index >= 15 is 0 Å². The fraction of sp³-hybridized carbons (Fsp3) is 0.700. The SMILES string of the molecule is CCCCCCN1CC2C(C1)C2(C)c1cccc(NS(=O)(=O)CCO)c1. The molecule has 2 aliphatic rings. The van der Waals surface area contributed by atoms with Crippen LogP contribution in [0.3, 0.4) is 0 Å². The van der Waals surface area contributed by atoms with Gasteiger partial charge >= 0.3 is 0 Å². The lowest BCUT2D eigenvalue weighted by Gasteiger charge is -2.24. The van der Waals surface area contributed by atoms with Gasteiger partial charge < -0.3 is 10.0 Å². The first-order chi connectivity index (χ1) is 12.4. The van der Waals surface area contributed by atoms with E-state index in [-0.39, 0.29) is 17.8 Å². The highest BCUT2D eigenvalue weighted by atomic mass is 32.2. The summed E-state index contributed by atoms with van der Waals surface area (Å²) in [5.41, 5.74) is 1.99. The molecule has 0 radical (unpaired) electrons. The van der Waals surface area contributed by atoms with Crippen molar-refractivity contribution < 1.29 is 13.5 Å². The number of fused-ring (bicyclic) bond motifs is 1. The van der Waals surface area contributed by atoms with Gasteiger partial charge in [0.05, 0.1) is 12.4 Å². The van der Waals surface area contributed by atoms with Gasteiger partial charge in [-0.3, -0.25) is 4.72 Å². The van der Waals surface area contributed by atoms with E-state index < -0.39 is 10.0 Å². The van der Waals surface area contributed by atoms with E-state index in [2.05, 4.69) is 29.5 Å². The van der Waals surface area contributed by atoms with Gasteiger partial charge in [0.25, 0.3) is 0 Å². The van der Waals surface area contributed by atoms with Crippen LogP contribution < -0.4 is 4.72 Å². The third-order valence-electron chi connectivity index (χ3n) is 6.27. The Balaban J connectivity index is 1.59. The Morgan fingerprint density at radius 1 is 1.23 bits per heavy atom.